The van der Waals surface area contributed by atoms with Crippen molar-refractivity contribution >= 4 is 0 Å². The SMILES string of the molecule is C=C(C(C)C)N(/C=C\C(C)C)C(C)C. The number of hydrogen-bond acceptors (Lipinski definition) is 1. The molecule has 0 aliphatic rings. The van der Waals surface area contributed by atoms with Crippen molar-refractivity contribution in [3.8, 4) is 0 Å². The minimum absolute atomic E-state index is 0.486. The monoisotopic (exact) mass is 195 g/mol. The first-order chi connectivity index (χ1) is 6.36. The van der Waals surface area contributed by atoms with Gasteiger partial charge in [0.2, 0.25) is 0 Å². The third-order valence-electron chi connectivity index (χ3n) is 2.19. The maximum absolute atomic E-state index is 4.13. The Kier molecular flexibility index (Phi) is 5.59. The molecule has 0 saturated carbocycles. The van der Waals surface area contributed by atoms with Gasteiger partial charge in [-0.1, -0.05) is 40.3 Å². The van der Waals surface area contributed by atoms with Gasteiger partial charge >= 0.3 is 0 Å². The second-order valence-corrected chi connectivity index (χ2v) is 4.73. The van der Waals surface area contributed by atoms with Crippen LogP contribution < -0.4 is 0 Å². The molecule has 0 saturated heterocycles. The van der Waals surface area contributed by atoms with E-state index in [1.807, 2.05) is 0 Å². The first-order valence-electron chi connectivity index (χ1n) is 5.51. The zero-order chi connectivity index (χ0) is 11.3. The van der Waals surface area contributed by atoms with Gasteiger partial charge in [-0.3, -0.25) is 0 Å². The van der Waals surface area contributed by atoms with E-state index in [1.54, 1.807) is 0 Å². The van der Waals surface area contributed by atoms with Crippen molar-refractivity contribution in [1.29, 1.82) is 0 Å². The zero-order valence-corrected chi connectivity index (χ0v) is 10.5. The van der Waals surface area contributed by atoms with E-state index in [4.69, 9.17) is 0 Å². The van der Waals surface area contributed by atoms with E-state index in [0.29, 0.717) is 17.9 Å². The van der Waals surface area contributed by atoms with Gasteiger partial charge < -0.3 is 4.90 Å². The number of hydrogen-bond donors (Lipinski definition) is 0. The number of nitrogens with zero attached hydrogens (tertiary/aromatic N) is 1. The Balaban J connectivity index is 4.53. The van der Waals surface area contributed by atoms with Crippen LogP contribution >= 0.6 is 0 Å². The summed E-state index contributed by atoms with van der Waals surface area (Å²) >= 11 is 0. The first kappa shape index (κ1) is 13.3. The van der Waals surface area contributed by atoms with Crippen LogP contribution in [0.4, 0.5) is 0 Å². The van der Waals surface area contributed by atoms with E-state index in [2.05, 4.69) is 65.3 Å². The number of allylic oxidation sites excluding steroid dienone is 2. The van der Waals surface area contributed by atoms with Gasteiger partial charge in [-0.05, 0) is 25.7 Å². The lowest BCUT2D eigenvalue weighted by atomic mass is 10.1. The van der Waals surface area contributed by atoms with E-state index in [1.165, 1.54) is 5.70 Å². The number of rotatable bonds is 5. The molecule has 0 aromatic heterocycles. The first-order valence-corrected chi connectivity index (χ1v) is 5.51. The summed E-state index contributed by atoms with van der Waals surface area (Å²) in [5.41, 5.74) is 1.19. The molecule has 14 heavy (non-hydrogen) atoms. The molecule has 0 aliphatic carbocycles. The van der Waals surface area contributed by atoms with Gasteiger partial charge in [0.15, 0.2) is 0 Å². The third-order valence-corrected chi connectivity index (χ3v) is 2.19. The summed E-state index contributed by atoms with van der Waals surface area (Å²) in [6, 6.07) is 0.486. The molecule has 1 heteroatoms. The molecular formula is C13H25N. The van der Waals surface area contributed by atoms with E-state index in [0.717, 1.165) is 0 Å². The Hall–Kier alpha value is -0.720. The van der Waals surface area contributed by atoms with Gasteiger partial charge in [0.05, 0.1) is 0 Å². The summed E-state index contributed by atoms with van der Waals surface area (Å²) in [6.45, 7) is 17.3. The summed E-state index contributed by atoms with van der Waals surface area (Å²) in [5.74, 6) is 1.10. The largest absolute Gasteiger partial charge is 0.350 e. The van der Waals surface area contributed by atoms with Gasteiger partial charge in [0.1, 0.15) is 0 Å². The highest BCUT2D eigenvalue weighted by Crippen LogP contribution is 2.17. The Labute approximate surface area is 89.5 Å². The Morgan fingerprint density at radius 3 is 1.86 bits per heavy atom. The Morgan fingerprint density at radius 2 is 1.57 bits per heavy atom. The van der Waals surface area contributed by atoms with Crippen LogP contribution in [0.5, 0.6) is 0 Å². The van der Waals surface area contributed by atoms with Gasteiger partial charge in [-0.25, -0.2) is 0 Å². The van der Waals surface area contributed by atoms with E-state index < -0.39 is 0 Å². The van der Waals surface area contributed by atoms with Crippen molar-refractivity contribution in [1.82, 2.24) is 4.90 Å². The summed E-state index contributed by atoms with van der Waals surface area (Å²) < 4.78 is 0. The van der Waals surface area contributed by atoms with Crippen LogP contribution in [0, 0.1) is 11.8 Å². The molecule has 0 aliphatic heterocycles. The van der Waals surface area contributed by atoms with Crippen molar-refractivity contribution < 1.29 is 0 Å². The minimum Gasteiger partial charge on any atom is -0.350 e. The van der Waals surface area contributed by atoms with Crippen molar-refractivity contribution in [2.24, 2.45) is 11.8 Å². The molecule has 0 aromatic carbocycles. The zero-order valence-electron chi connectivity index (χ0n) is 10.5. The molecular weight excluding hydrogens is 170 g/mol. The summed E-state index contributed by atoms with van der Waals surface area (Å²) in [5, 5.41) is 0. The predicted molar refractivity (Wildman–Crippen MR) is 64.9 cm³/mol. The minimum atomic E-state index is 0.486. The normalized spacial score (nSPS) is 12.1. The van der Waals surface area contributed by atoms with Crippen molar-refractivity contribution in [3.63, 3.8) is 0 Å². The highest BCUT2D eigenvalue weighted by atomic mass is 15.1. The average molecular weight is 195 g/mol. The maximum Gasteiger partial charge on any atom is 0.0276 e. The summed E-state index contributed by atoms with van der Waals surface area (Å²) in [6.07, 6.45) is 4.38. The van der Waals surface area contributed by atoms with Crippen LogP contribution in [-0.4, -0.2) is 10.9 Å². The van der Waals surface area contributed by atoms with Crippen LogP contribution in [0.3, 0.4) is 0 Å². The van der Waals surface area contributed by atoms with Gasteiger partial charge in [-0.15, -0.1) is 0 Å². The summed E-state index contributed by atoms with van der Waals surface area (Å²) in [4.78, 5) is 2.25. The molecule has 0 radical (unpaired) electrons. The smallest absolute Gasteiger partial charge is 0.0276 e. The van der Waals surface area contributed by atoms with Crippen LogP contribution in [-0.2, 0) is 0 Å². The quantitative estimate of drug-likeness (QED) is 0.640. The third kappa shape index (κ3) is 4.50. The lowest BCUT2D eigenvalue weighted by molar-refractivity contribution is 0.348. The fourth-order valence-corrected chi connectivity index (χ4v) is 1.16. The Bertz CT molecular complexity index is 199. The van der Waals surface area contributed by atoms with E-state index in [9.17, 15) is 0 Å². The van der Waals surface area contributed by atoms with Crippen molar-refractivity contribution in [3.05, 3.63) is 24.6 Å². The van der Waals surface area contributed by atoms with Crippen LogP contribution in [0.1, 0.15) is 41.5 Å². The maximum atomic E-state index is 4.13. The molecule has 0 atom stereocenters. The van der Waals surface area contributed by atoms with Crippen LogP contribution in [0.15, 0.2) is 24.6 Å². The molecule has 0 N–H and O–H groups in total. The standard InChI is InChI=1S/C13H25N/c1-10(2)8-9-14(12(5)6)13(7)11(3)4/h8-12H,7H2,1-6H3/b9-8-. The fraction of sp³-hybridized carbons (Fsp3) is 0.692. The second-order valence-electron chi connectivity index (χ2n) is 4.73. The van der Waals surface area contributed by atoms with Crippen LogP contribution in [0.25, 0.3) is 0 Å². The van der Waals surface area contributed by atoms with Crippen molar-refractivity contribution in [2.75, 3.05) is 0 Å². The Morgan fingerprint density at radius 1 is 1.07 bits per heavy atom. The molecule has 82 valence electrons. The average Bonchev–Trinajstić information content (AvgIpc) is 2.02. The molecule has 1 nitrogen and oxygen atoms in total. The lowest BCUT2D eigenvalue weighted by Crippen LogP contribution is -2.26. The molecule has 0 bridgehead atoms. The molecule has 0 spiro atoms. The van der Waals surface area contributed by atoms with Crippen LogP contribution in [0.2, 0.25) is 0 Å². The molecule has 0 fully saturated rings. The predicted octanol–water partition coefficient (Wildman–Crippen LogP) is 4.04. The second kappa shape index (κ2) is 5.90. The molecule has 0 heterocycles. The van der Waals surface area contributed by atoms with Crippen molar-refractivity contribution in [2.45, 2.75) is 47.6 Å². The highest BCUT2D eigenvalue weighted by Gasteiger charge is 2.11. The molecule has 0 unspecified atom stereocenters. The van der Waals surface area contributed by atoms with Gasteiger partial charge in [0, 0.05) is 17.9 Å². The van der Waals surface area contributed by atoms with Gasteiger partial charge in [-0.2, -0.15) is 0 Å². The fourth-order valence-electron chi connectivity index (χ4n) is 1.16. The molecule has 0 aromatic rings. The topological polar surface area (TPSA) is 3.24 Å². The summed E-state index contributed by atoms with van der Waals surface area (Å²) in [7, 11) is 0. The van der Waals surface area contributed by atoms with Gasteiger partial charge in [0.25, 0.3) is 0 Å². The van der Waals surface area contributed by atoms with E-state index >= 15 is 0 Å². The lowest BCUT2D eigenvalue weighted by Gasteiger charge is -2.29. The van der Waals surface area contributed by atoms with E-state index in [-0.39, 0.29) is 0 Å². The molecule has 0 amide bonds. The molecule has 0 rings (SSSR count). The highest BCUT2D eigenvalue weighted by molar-refractivity contribution is 5.04.